The van der Waals surface area contributed by atoms with Crippen molar-refractivity contribution in [3.05, 3.63) is 43.0 Å². The second-order valence-electron chi connectivity index (χ2n) is 5.61. The molecule has 1 unspecified atom stereocenters. The Kier molecular flexibility index (Phi) is 7.00. The zero-order chi connectivity index (χ0) is 15.8. The molecule has 1 fully saturated rings. The first kappa shape index (κ1) is 17.1. The fourth-order valence-corrected chi connectivity index (χ4v) is 3.71. The Hall–Kier alpha value is -1.26. The molecule has 1 saturated heterocycles. The molecular formula is C18H26N2OS. The second kappa shape index (κ2) is 9.01. The molecule has 22 heavy (non-hydrogen) atoms. The van der Waals surface area contributed by atoms with E-state index in [2.05, 4.69) is 30.5 Å². The predicted molar refractivity (Wildman–Crippen MR) is 94.2 cm³/mol. The minimum absolute atomic E-state index is 0.168. The smallest absolute Gasteiger partial charge is 0.227 e. The molecule has 1 aliphatic rings. The summed E-state index contributed by atoms with van der Waals surface area (Å²) in [5.74, 6) is 1.39. The fraction of sp³-hybridized carbons (Fsp3) is 0.500. The van der Waals surface area contributed by atoms with E-state index in [9.17, 15) is 4.79 Å². The summed E-state index contributed by atoms with van der Waals surface area (Å²) in [5.41, 5.74) is 0. The maximum Gasteiger partial charge on any atom is 0.227 e. The van der Waals surface area contributed by atoms with Crippen molar-refractivity contribution in [1.29, 1.82) is 0 Å². The van der Waals surface area contributed by atoms with Crippen molar-refractivity contribution in [3.63, 3.8) is 0 Å². The van der Waals surface area contributed by atoms with Gasteiger partial charge in [0.05, 0.1) is 5.92 Å². The van der Waals surface area contributed by atoms with Gasteiger partial charge in [-0.25, -0.2) is 0 Å². The van der Waals surface area contributed by atoms with Gasteiger partial charge in [0.25, 0.3) is 0 Å². The SMILES string of the molecule is C=CCN(CCSc1ccccc1)C(=O)C1CCN(CC)C1. The van der Waals surface area contributed by atoms with Crippen LogP contribution < -0.4 is 0 Å². The molecule has 0 spiro atoms. The number of hydrogen-bond donors (Lipinski definition) is 0. The first-order valence-corrected chi connectivity index (χ1v) is 9.03. The Morgan fingerprint density at radius 3 is 2.86 bits per heavy atom. The lowest BCUT2D eigenvalue weighted by Crippen LogP contribution is -2.39. The number of carbonyl (C=O) groups is 1. The zero-order valence-corrected chi connectivity index (χ0v) is 14.2. The van der Waals surface area contributed by atoms with E-state index in [1.807, 2.05) is 29.2 Å². The summed E-state index contributed by atoms with van der Waals surface area (Å²) >= 11 is 1.80. The average Bonchev–Trinajstić information content (AvgIpc) is 3.03. The Balaban J connectivity index is 1.83. The minimum Gasteiger partial charge on any atom is -0.338 e. The van der Waals surface area contributed by atoms with Crippen LogP contribution in [0.1, 0.15) is 13.3 Å². The first-order chi connectivity index (χ1) is 10.7. The number of thioether (sulfide) groups is 1. The van der Waals surface area contributed by atoms with Crippen LogP contribution in [0.5, 0.6) is 0 Å². The van der Waals surface area contributed by atoms with Gasteiger partial charge in [-0.2, -0.15) is 0 Å². The lowest BCUT2D eigenvalue weighted by atomic mass is 10.1. The third-order valence-electron chi connectivity index (χ3n) is 4.10. The van der Waals surface area contributed by atoms with E-state index in [0.717, 1.165) is 38.4 Å². The molecule has 1 atom stereocenters. The van der Waals surface area contributed by atoms with Crippen molar-refractivity contribution >= 4 is 17.7 Å². The standard InChI is InChI=1S/C18H26N2OS/c1-3-11-20(13-14-22-17-8-6-5-7-9-17)18(21)16-10-12-19(4-2)15-16/h3,5-9,16H,1,4,10-15H2,2H3. The first-order valence-electron chi connectivity index (χ1n) is 8.04. The normalized spacial score (nSPS) is 18.3. The van der Waals surface area contributed by atoms with Gasteiger partial charge in [0, 0.05) is 30.3 Å². The highest BCUT2D eigenvalue weighted by atomic mass is 32.2. The maximum atomic E-state index is 12.7. The summed E-state index contributed by atoms with van der Waals surface area (Å²) in [4.78, 5) is 18.3. The van der Waals surface area contributed by atoms with Crippen molar-refractivity contribution in [1.82, 2.24) is 9.80 Å². The average molecular weight is 318 g/mol. The van der Waals surface area contributed by atoms with Crippen molar-refractivity contribution in [3.8, 4) is 0 Å². The molecule has 1 aromatic rings. The zero-order valence-electron chi connectivity index (χ0n) is 13.4. The molecule has 2 rings (SSSR count). The summed E-state index contributed by atoms with van der Waals surface area (Å²) in [7, 11) is 0. The quantitative estimate of drug-likeness (QED) is 0.543. The minimum atomic E-state index is 0.168. The van der Waals surface area contributed by atoms with E-state index in [0.29, 0.717) is 12.5 Å². The molecule has 4 heteroatoms. The molecule has 120 valence electrons. The number of amides is 1. The largest absolute Gasteiger partial charge is 0.338 e. The van der Waals surface area contributed by atoms with Crippen LogP contribution in [0, 0.1) is 5.92 Å². The summed E-state index contributed by atoms with van der Waals surface area (Å²) in [6.07, 6.45) is 2.82. The Bertz CT molecular complexity index is 477. The highest BCUT2D eigenvalue weighted by molar-refractivity contribution is 7.99. The van der Waals surface area contributed by atoms with Gasteiger partial charge in [0.15, 0.2) is 0 Å². The van der Waals surface area contributed by atoms with Gasteiger partial charge >= 0.3 is 0 Å². The summed E-state index contributed by atoms with van der Waals surface area (Å²) in [5, 5.41) is 0. The summed E-state index contributed by atoms with van der Waals surface area (Å²) < 4.78 is 0. The number of carbonyl (C=O) groups excluding carboxylic acids is 1. The van der Waals surface area contributed by atoms with E-state index in [1.165, 1.54) is 4.90 Å². The summed E-state index contributed by atoms with van der Waals surface area (Å²) in [6.45, 7) is 10.4. The topological polar surface area (TPSA) is 23.6 Å². The molecule has 1 heterocycles. The molecule has 0 aliphatic carbocycles. The third kappa shape index (κ3) is 4.89. The molecular weight excluding hydrogens is 292 g/mol. The molecule has 0 bridgehead atoms. The number of nitrogens with zero attached hydrogens (tertiary/aromatic N) is 2. The lowest BCUT2D eigenvalue weighted by molar-refractivity contribution is -0.134. The Morgan fingerprint density at radius 2 is 2.23 bits per heavy atom. The fourth-order valence-electron chi connectivity index (χ4n) is 2.82. The van der Waals surface area contributed by atoms with Gasteiger partial charge in [-0.05, 0) is 31.6 Å². The van der Waals surface area contributed by atoms with Crippen LogP contribution in [0.4, 0.5) is 0 Å². The van der Waals surface area contributed by atoms with Crippen LogP contribution in [-0.4, -0.2) is 54.2 Å². The molecule has 1 amide bonds. The van der Waals surface area contributed by atoms with Crippen molar-refractivity contribution in [2.45, 2.75) is 18.2 Å². The van der Waals surface area contributed by atoms with Gasteiger partial charge < -0.3 is 9.80 Å². The van der Waals surface area contributed by atoms with E-state index < -0.39 is 0 Å². The van der Waals surface area contributed by atoms with E-state index in [-0.39, 0.29) is 5.92 Å². The van der Waals surface area contributed by atoms with Crippen LogP contribution in [0.3, 0.4) is 0 Å². The Labute approximate surface area is 138 Å². The highest BCUT2D eigenvalue weighted by Crippen LogP contribution is 2.20. The Morgan fingerprint density at radius 1 is 1.45 bits per heavy atom. The molecule has 3 nitrogen and oxygen atoms in total. The monoisotopic (exact) mass is 318 g/mol. The lowest BCUT2D eigenvalue weighted by Gasteiger charge is -2.24. The van der Waals surface area contributed by atoms with E-state index in [1.54, 1.807) is 11.8 Å². The van der Waals surface area contributed by atoms with Crippen LogP contribution in [0.2, 0.25) is 0 Å². The van der Waals surface area contributed by atoms with Crippen LogP contribution in [-0.2, 0) is 4.79 Å². The number of likely N-dealkylation sites (tertiary alicyclic amines) is 1. The van der Waals surface area contributed by atoms with Crippen molar-refractivity contribution in [2.24, 2.45) is 5.92 Å². The highest BCUT2D eigenvalue weighted by Gasteiger charge is 2.30. The molecule has 0 N–H and O–H groups in total. The second-order valence-corrected chi connectivity index (χ2v) is 6.78. The predicted octanol–water partition coefficient (Wildman–Crippen LogP) is 3.14. The number of hydrogen-bond acceptors (Lipinski definition) is 3. The molecule has 1 aromatic carbocycles. The van der Waals surface area contributed by atoms with Gasteiger partial charge in [-0.3, -0.25) is 4.79 Å². The van der Waals surface area contributed by atoms with Crippen LogP contribution in [0.15, 0.2) is 47.9 Å². The summed E-state index contributed by atoms with van der Waals surface area (Å²) in [6, 6.07) is 10.3. The molecule has 0 radical (unpaired) electrons. The number of benzene rings is 1. The molecule has 0 aromatic heterocycles. The van der Waals surface area contributed by atoms with Gasteiger partial charge in [0.2, 0.25) is 5.91 Å². The van der Waals surface area contributed by atoms with Gasteiger partial charge in [0.1, 0.15) is 0 Å². The van der Waals surface area contributed by atoms with Gasteiger partial charge in [-0.1, -0.05) is 31.2 Å². The van der Waals surface area contributed by atoms with Crippen LogP contribution >= 0.6 is 11.8 Å². The molecule has 1 aliphatic heterocycles. The molecule has 0 saturated carbocycles. The van der Waals surface area contributed by atoms with E-state index in [4.69, 9.17) is 0 Å². The third-order valence-corrected chi connectivity index (χ3v) is 5.10. The maximum absolute atomic E-state index is 12.7. The van der Waals surface area contributed by atoms with Gasteiger partial charge in [-0.15, -0.1) is 18.3 Å². The van der Waals surface area contributed by atoms with Crippen molar-refractivity contribution < 1.29 is 4.79 Å². The number of rotatable bonds is 8. The van der Waals surface area contributed by atoms with E-state index >= 15 is 0 Å². The van der Waals surface area contributed by atoms with Crippen LogP contribution in [0.25, 0.3) is 0 Å². The van der Waals surface area contributed by atoms with Crippen molar-refractivity contribution in [2.75, 3.05) is 38.5 Å².